The predicted octanol–water partition coefficient (Wildman–Crippen LogP) is 3.27. The van der Waals surface area contributed by atoms with E-state index in [-0.39, 0.29) is 18.1 Å². The average molecular weight is 320 g/mol. The van der Waals surface area contributed by atoms with Crippen molar-refractivity contribution in [2.75, 3.05) is 13.2 Å². The number of amides is 1. The number of nitrogens with zero attached hydrogens (tertiary/aromatic N) is 2. The minimum atomic E-state index is 0.0641. The molecule has 2 aliphatic rings. The van der Waals surface area contributed by atoms with Crippen LogP contribution in [-0.4, -0.2) is 41.1 Å². The first-order chi connectivity index (χ1) is 10.3. The molecule has 3 heterocycles. The van der Waals surface area contributed by atoms with Gasteiger partial charge in [-0.25, -0.2) is 4.98 Å². The van der Waals surface area contributed by atoms with Crippen molar-refractivity contribution in [1.82, 2.24) is 9.88 Å². The van der Waals surface area contributed by atoms with Crippen LogP contribution in [-0.2, 0) is 4.74 Å². The second kappa shape index (κ2) is 5.51. The average Bonchev–Trinajstić information content (AvgIpc) is 3.23. The fraction of sp³-hybridized carbons (Fsp3) is 0.467. The topological polar surface area (TPSA) is 42.4 Å². The number of morpholine rings is 1. The Morgan fingerprint density at radius 1 is 1.38 bits per heavy atom. The maximum Gasteiger partial charge on any atom is 0.273 e. The van der Waals surface area contributed by atoms with Gasteiger partial charge in [-0.15, -0.1) is 22.7 Å². The van der Waals surface area contributed by atoms with Gasteiger partial charge in [0.2, 0.25) is 0 Å². The molecule has 2 aromatic rings. The van der Waals surface area contributed by atoms with Gasteiger partial charge in [-0.05, 0) is 30.7 Å². The largest absolute Gasteiger partial charge is 0.374 e. The van der Waals surface area contributed by atoms with Gasteiger partial charge in [0.05, 0.1) is 23.6 Å². The number of carbonyl (C=O) groups excluding carboxylic acids is 1. The third-order valence-electron chi connectivity index (χ3n) is 4.20. The molecule has 1 aliphatic heterocycles. The third kappa shape index (κ3) is 2.41. The van der Waals surface area contributed by atoms with Crippen LogP contribution in [0.3, 0.4) is 0 Å². The number of thiophene rings is 1. The Morgan fingerprint density at radius 3 is 3.19 bits per heavy atom. The molecule has 0 spiro atoms. The van der Waals surface area contributed by atoms with Gasteiger partial charge in [0.1, 0.15) is 10.7 Å². The van der Waals surface area contributed by atoms with E-state index in [1.165, 1.54) is 0 Å². The number of carbonyl (C=O) groups is 1. The SMILES string of the molecule is O=C(c1csc(-c2cccs2)n1)N1CCOC2CCCC21. The fourth-order valence-corrected chi connectivity index (χ4v) is 4.82. The molecule has 6 heteroatoms. The Kier molecular flexibility index (Phi) is 3.52. The van der Waals surface area contributed by atoms with Crippen LogP contribution in [0.1, 0.15) is 29.8 Å². The van der Waals surface area contributed by atoms with Crippen molar-refractivity contribution in [2.24, 2.45) is 0 Å². The quantitative estimate of drug-likeness (QED) is 0.853. The van der Waals surface area contributed by atoms with Crippen LogP contribution < -0.4 is 0 Å². The van der Waals surface area contributed by atoms with E-state index in [9.17, 15) is 4.79 Å². The van der Waals surface area contributed by atoms with E-state index in [4.69, 9.17) is 4.74 Å². The van der Waals surface area contributed by atoms with Crippen LogP contribution in [0.5, 0.6) is 0 Å². The summed E-state index contributed by atoms with van der Waals surface area (Å²) in [6.45, 7) is 1.33. The lowest BCUT2D eigenvalue weighted by atomic mass is 10.1. The predicted molar refractivity (Wildman–Crippen MR) is 83.8 cm³/mol. The summed E-state index contributed by atoms with van der Waals surface area (Å²) in [6.07, 6.45) is 3.51. The number of ether oxygens (including phenoxy) is 1. The van der Waals surface area contributed by atoms with Crippen molar-refractivity contribution < 1.29 is 9.53 Å². The van der Waals surface area contributed by atoms with Crippen LogP contribution in [0.2, 0.25) is 0 Å². The molecule has 4 rings (SSSR count). The Bertz CT molecular complexity index is 638. The van der Waals surface area contributed by atoms with Gasteiger partial charge in [-0.2, -0.15) is 0 Å². The molecule has 1 amide bonds. The molecule has 0 aromatic carbocycles. The monoisotopic (exact) mass is 320 g/mol. The van der Waals surface area contributed by atoms with E-state index in [1.54, 1.807) is 22.7 Å². The normalized spacial score (nSPS) is 25.0. The van der Waals surface area contributed by atoms with Crippen molar-refractivity contribution in [3.63, 3.8) is 0 Å². The maximum atomic E-state index is 12.7. The molecule has 1 saturated heterocycles. The van der Waals surface area contributed by atoms with Crippen LogP contribution in [0.15, 0.2) is 22.9 Å². The second-order valence-electron chi connectivity index (χ2n) is 5.42. The summed E-state index contributed by atoms with van der Waals surface area (Å²) < 4.78 is 5.77. The number of hydrogen-bond donors (Lipinski definition) is 0. The summed E-state index contributed by atoms with van der Waals surface area (Å²) in [5.41, 5.74) is 0.580. The highest BCUT2D eigenvalue weighted by molar-refractivity contribution is 7.20. The molecule has 2 atom stereocenters. The number of rotatable bonds is 2. The summed E-state index contributed by atoms with van der Waals surface area (Å²) in [5.74, 6) is 0.0641. The van der Waals surface area contributed by atoms with Gasteiger partial charge in [-0.1, -0.05) is 6.07 Å². The lowest BCUT2D eigenvalue weighted by Gasteiger charge is -2.37. The van der Waals surface area contributed by atoms with Gasteiger partial charge < -0.3 is 9.64 Å². The zero-order chi connectivity index (χ0) is 14.2. The number of hydrogen-bond acceptors (Lipinski definition) is 5. The summed E-state index contributed by atoms with van der Waals surface area (Å²) >= 11 is 3.20. The first-order valence-corrected chi connectivity index (χ1v) is 9.01. The summed E-state index contributed by atoms with van der Waals surface area (Å²) in [4.78, 5) is 20.4. The van der Waals surface area contributed by atoms with Crippen molar-refractivity contribution in [1.29, 1.82) is 0 Å². The maximum absolute atomic E-state index is 12.7. The van der Waals surface area contributed by atoms with Crippen LogP contribution in [0.25, 0.3) is 9.88 Å². The van der Waals surface area contributed by atoms with Crippen molar-refractivity contribution in [3.8, 4) is 9.88 Å². The van der Waals surface area contributed by atoms with Gasteiger partial charge in [0.15, 0.2) is 0 Å². The van der Waals surface area contributed by atoms with E-state index in [2.05, 4.69) is 4.98 Å². The van der Waals surface area contributed by atoms with Crippen molar-refractivity contribution in [3.05, 3.63) is 28.6 Å². The Hall–Kier alpha value is -1.24. The number of aromatic nitrogens is 1. The van der Waals surface area contributed by atoms with Crippen LogP contribution in [0.4, 0.5) is 0 Å². The summed E-state index contributed by atoms with van der Waals surface area (Å²) in [7, 11) is 0. The van der Waals surface area contributed by atoms with Crippen LogP contribution >= 0.6 is 22.7 Å². The van der Waals surface area contributed by atoms with Gasteiger partial charge in [0, 0.05) is 11.9 Å². The van der Waals surface area contributed by atoms with Gasteiger partial charge in [0.25, 0.3) is 5.91 Å². The Labute approximate surface area is 131 Å². The van der Waals surface area contributed by atoms with Gasteiger partial charge in [-0.3, -0.25) is 4.79 Å². The molecule has 2 fully saturated rings. The highest BCUT2D eigenvalue weighted by atomic mass is 32.1. The van der Waals surface area contributed by atoms with Gasteiger partial charge >= 0.3 is 0 Å². The molecular weight excluding hydrogens is 304 g/mol. The van der Waals surface area contributed by atoms with E-state index in [1.807, 2.05) is 27.8 Å². The van der Waals surface area contributed by atoms with Crippen molar-refractivity contribution >= 4 is 28.6 Å². The molecule has 2 aromatic heterocycles. The second-order valence-corrected chi connectivity index (χ2v) is 7.23. The first kappa shape index (κ1) is 13.4. The molecular formula is C15H16N2O2S2. The summed E-state index contributed by atoms with van der Waals surface area (Å²) in [5, 5.41) is 4.85. The lowest BCUT2D eigenvalue weighted by Crippen LogP contribution is -2.51. The standard InChI is InChI=1S/C15H16N2O2S2/c18-15(17-6-7-19-12-4-1-3-11(12)17)10-9-21-14(16-10)13-5-2-8-20-13/h2,5,8-9,11-12H,1,3-4,6-7H2. The highest BCUT2D eigenvalue weighted by Gasteiger charge is 2.39. The molecule has 110 valence electrons. The number of fused-ring (bicyclic) bond motifs is 1. The minimum Gasteiger partial charge on any atom is -0.374 e. The fourth-order valence-electron chi connectivity index (χ4n) is 3.21. The summed E-state index contributed by atoms with van der Waals surface area (Å²) in [6, 6.07) is 4.30. The van der Waals surface area contributed by atoms with Crippen molar-refractivity contribution in [2.45, 2.75) is 31.4 Å². The first-order valence-electron chi connectivity index (χ1n) is 7.25. The lowest BCUT2D eigenvalue weighted by molar-refractivity contribution is -0.0447. The molecule has 21 heavy (non-hydrogen) atoms. The molecule has 2 unspecified atom stereocenters. The highest BCUT2D eigenvalue weighted by Crippen LogP contribution is 2.32. The third-order valence-corrected chi connectivity index (χ3v) is 6.08. The molecule has 1 aliphatic carbocycles. The molecule has 1 saturated carbocycles. The Balaban J connectivity index is 1.57. The smallest absolute Gasteiger partial charge is 0.273 e. The zero-order valence-electron chi connectivity index (χ0n) is 11.5. The van der Waals surface area contributed by atoms with E-state index < -0.39 is 0 Å². The minimum absolute atomic E-state index is 0.0641. The number of thiazole rings is 1. The molecule has 0 radical (unpaired) electrons. The molecule has 0 N–H and O–H groups in total. The van der Waals surface area contributed by atoms with E-state index in [0.717, 1.165) is 29.1 Å². The van der Waals surface area contributed by atoms with Crippen LogP contribution in [0, 0.1) is 0 Å². The zero-order valence-corrected chi connectivity index (χ0v) is 13.2. The Morgan fingerprint density at radius 2 is 2.33 bits per heavy atom. The van der Waals surface area contributed by atoms with E-state index >= 15 is 0 Å². The van der Waals surface area contributed by atoms with E-state index in [0.29, 0.717) is 18.8 Å². The molecule has 0 bridgehead atoms. The molecule has 4 nitrogen and oxygen atoms in total.